The second-order valence-corrected chi connectivity index (χ2v) is 4.82. The molecule has 0 fully saturated rings. The van der Waals surface area contributed by atoms with Crippen molar-refractivity contribution in [3.05, 3.63) is 22.4 Å². The zero-order chi connectivity index (χ0) is 10.1. The first-order chi connectivity index (χ1) is 5.96. The third kappa shape index (κ3) is 2.63. The summed E-state index contributed by atoms with van der Waals surface area (Å²) in [6.07, 6.45) is 0. The molecule has 0 spiro atoms. The number of rotatable bonds is 3. The third-order valence-electron chi connectivity index (χ3n) is 1.89. The Morgan fingerprint density at radius 2 is 2.36 bits per heavy atom. The van der Waals surface area contributed by atoms with Gasteiger partial charge in [-0.25, -0.2) is 0 Å². The quantitative estimate of drug-likeness (QED) is 0.719. The summed E-state index contributed by atoms with van der Waals surface area (Å²) in [6, 6.07) is 2.69. The van der Waals surface area contributed by atoms with Crippen LogP contribution in [0.25, 0.3) is 0 Å². The van der Waals surface area contributed by atoms with E-state index < -0.39 is 16.8 Å². The van der Waals surface area contributed by atoms with E-state index in [1.54, 1.807) is 6.92 Å². The summed E-state index contributed by atoms with van der Waals surface area (Å²) in [7, 11) is 0. The van der Waals surface area contributed by atoms with E-state index in [0.717, 1.165) is 4.88 Å². The Balaban J connectivity index is 0.00000169. The minimum Gasteiger partial charge on any atom is -0.480 e. The number of hydrogen-bond donors (Lipinski definition) is 3. The molecule has 0 aromatic carbocycles. The minimum atomic E-state index is -1.04. The summed E-state index contributed by atoms with van der Waals surface area (Å²) < 4.78 is -0.806. The molecule has 1 rings (SSSR count). The van der Waals surface area contributed by atoms with Gasteiger partial charge < -0.3 is 10.8 Å². The van der Waals surface area contributed by atoms with E-state index in [4.69, 9.17) is 10.8 Å². The van der Waals surface area contributed by atoms with E-state index >= 15 is 0 Å². The molecule has 0 aliphatic rings. The van der Waals surface area contributed by atoms with Gasteiger partial charge in [0.2, 0.25) is 0 Å². The molecule has 14 heavy (non-hydrogen) atoms. The van der Waals surface area contributed by atoms with E-state index in [2.05, 4.69) is 12.6 Å². The first-order valence-corrected chi connectivity index (χ1v) is 5.03. The molecular weight excluding hydrogens is 242 g/mol. The fourth-order valence-corrected chi connectivity index (χ4v) is 2.13. The molecule has 1 aromatic heterocycles. The molecule has 1 heterocycles. The summed E-state index contributed by atoms with van der Waals surface area (Å²) in [6.45, 7) is 1.71. The van der Waals surface area contributed by atoms with Crippen LogP contribution in [0.4, 0.5) is 0 Å². The number of aliphatic carboxylic acids is 1. The molecule has 2 atom stereocenters. The van der Waals surface area contributed by atoms with Crippen LogP contribution in [-0.2, 0) is 9.54 Å². The second-order valence-electron chi connectivity index (χ2n) is 2.94. The molecule has 2 unspecified atom stereocenters. The van der Waals surface area contributed by atoms with Gasteiger partial charge in [0.25, 0.3) is 0 Å². The average Bonchev–Trinajstić information content (AvgIpc) is 2.54. The van der Waals surface area contributed by atoms with Crippen LogP contribution in [0, 0.1) is 0 Å². The number of halogens is 1. The molecule has 0 aliphatic heterocycles. The molecule has 0 bridgehead atoms. The van der Waals surface area contributed by atoms with Crippen LogP contribution in [0.5, 0.6) is 0 Å². The molecular formula is C8H12ClNO2S2. The molecule has 3 nitrogen and oxygen atoms in total. The normalized spacial score (nSPS) is 16.5. The number of thiophene rings is 1. The van der Waals surface area contributed by atoms with Crippen LogP contribution in [0.3, 0.4) is 0 Å². The summed E-state index contributed by atoms with van der Waals surface area (Å²) >= 11 is 5.74. The van der Waals surface area contributed by atoms with Gasteiger partial charge >= 0.3 is 5.97 Å². The van der Waals surface area contributed by atoms with Crippen LogP contribution in [0.1, 0.15) is 11.8 Å². The maximum atomic E-state index is 10.7. The minimum absolute atomic E-state index is 0. The zero-order valence-electron chi connectivity index (χ0n) is 7.51. The van der Waals surface area contributed by atoms with Crippen LogP contribution in [0.2, 0.25) is 0 Å². The van der Waals surface area contributed by atoms with Crippen molar-refractivity contribution in [1.82, 2.24) is 0 Å². The van der Waals surface area contributed by atoms with Crippen molar-refractivity contribution in [2.45, 2.75) is 17.7 Å². The standard InChI is InChI=1S/C8H11NO2S2.ClH/c1-8(12,6(9)7(10)11)5-3-2-4-13-5;/h2-4,6,12H,9H2,1H3,(H,10,11);1H. The number of thiol groups is 1. The lowest BCUT2D eigenvalue weighted by atomic mass is 10.00. The lowest BCUT2D eigenvalue weighted by Crippen LogP contribution is -2.44. The van der Waals surface area contributed by atoms with E-state index in [-0.39, 0.29) is 12.4 Å². The van der Waals surface area contributed by atoms with Crippen molar-refractivity contribution in [3.63, 3.8) is 0 Å². The summed E-state index contributed by atoms with van der Waals surface area (Å²) in [4.78, 5) is 11.5. The SMILES string of the molecule is CC(S)(c1cccs1)C(N)C(=O)O.Cl. The van der Waals surface area contributed by atoms with Crippen molar-refractivity contribution in [1.29, 1.82) is 0 Å². The first-order valence-electron chi connectivity index (χ1n) is 3.71. The number of hydrogen-bond acceptors (Lipinski definition) is 4. The highest BCUT2D eigenvalue weighted by Crippen LogP contribution is 2.34. The van der Waals surface area contributed by atoms with Gasteiger partial charge in [0.15, 0.2) is 0 Å². The molecule has 0 aliphatic carbocycles. The smallest absolute Gasteiger partial charge is 0.322 e. The van der Waals surface area contributed by atoms with Crippen molar-refractivity contribution in [2.24, 2.45) is 5.73 Å². The van der Waals surface area contributed by atoms with Gasteiger partial charge in [-0.1, -0.05) is 6.07 Å². The number of carboxylic acids is 1. The van der Waals surface area contributed by atoms with Gasteiger partial charge in [-0.3, -0.25) is 4.79 Å². The van der Waals surface area contributed by atoms with E-state index in [1.807, 2.05) is 17.5 Å². The number of carboxylic acid groups (broad SMARTS) is 1. The molecule has 3 N–H and O–H groups in total. The van der Waals surface area contributed by atoms with Gasteiger partial charge in [0, 0.05) is 4.88 Å². The third-order valence-corrected chi connectivity index (χ3v) is 3.67. The maximum absolute atomic E-state index is 10.7. The fourth-order valence-electron chi connectivity index (χ4n) is 0.960. The highest BCUT2D eigenvalue weighted by molar-refractivity contribution is 7.81. The Hall–Kier alpha value is -0.230. The maximum Gasteiger partial charge on any atom is 0.322 e. The lowest BCUT2D eigenvalue weighted by Gasteiger charge is -2.26. The Morgan fingerprint density at radius 1 is 1.79 bits per heavy atom. The van der Waals surface area contributed by atoms with Gasteiger partial charge in [0.1, 0.15) is 6.04 Å². The predicted molar refractivity (Wildman–Crippen MR) is 63.5 cm³/mol. The molecule has 0 amide bonds. The number of nitrogens with two attached hydrogens (primary N) is 1. The predicted octanol–water partition coefficient (Wildman–Crippen LogP) is 1.73. The zero-order valence-corrected chi connectivity index (χ0v) is 10.0. The highest BCUT2D eigenvalue weighted by Gasteiger charge is 2.35. The Kier molecular flexibility index (Phi) is 4.94. The molecule has 0 saturated carbocycles. The second kappa shape index (κ2) is 5.02. The van der Waals surface area contributed by atoms with Gasteiger partial charge in [0.05, 0.1) is 4.75 Å². The Morgan fingerprint density at radius 3 is 2.71 bits per heavy atom. The van der Waals surface area contributed by atoms with Gasteiger partial charge in [-0.2, -0.15) is 12.6 Å². The first kappa shape index (κ1) is 13.8. The largest absolute Gasteiger partial charge is 0.480 e. The topological polar surface area (TPSA) is 63.3 Å². The monoisotopic (exact) mass is 253 g/mol. The fraction of sp³-hybridized carbons (Fsp3) is 0.375. The molecule has 80 valence electrons. The number of carbonyl (C=O) groups is 1. The molecule has 6 heteroatoms. The van der Waals surface area contributed by atoms with Gasteiger partial charge in [-0.05, 0) is 18.4 Å². The van der Waals surface area contributed by atoms with Gasteiger partial charge in [-0.15, -0.1) is 23.7 Å². The highest BCUT2D eigenvalue weighted by atomic mass is 35.5. The van der Waals surface area contributed by atoms with E-state index in [1.165, 1.54) is 11.3 Å². The van der Waals surface area contributed by atoms with E-state index in [9.17, 15) is 4.79 Å². The summed E-state index contributed by atoms with van der Waals surface area (Å²) in [5, 5.41) is 10.6. The van der Waals surface area contributed by atoms with Crippen molar-refractivity contribution in [3.8, 4) is 0 Å². The van der Waals surface area contributed by atoms with Crippen LogP contribution in [0.15, 0.2) is 17.5 Å². The molecule has 1 aromatic rings. The van der Waals surface area contributed by atoms with Crippen molar-refractivity contribution < 1.29 is 9.90 Å². The van der Waals surface area contributed by atoms with E-state index in [0.29, 0.717) is 0 Å². The van der Waals surface area contributed by atoms with Crippen LogP contribution >= 0.6 is 36.4 Å². The summed E-state index contributed by atoms with van der Waals surface area (Å²) in [5.41, 5.74) is 5.52. The summed E-state index contributed by atoms with van der Waals surface area (Å²) in [5.74, 6) is -1.04. The average molecular weight is 254 g/mol. The molecule has 0 radical (unpaired) electrons. The van der Waals surface area contributed by atoms with Crippen LogP contribution in [-0.4, -0.2) is 17.1 Å². The van der Waals surface area contributed by atoms with Crippen molar-refractivity contribution in [2.75, 3.05) is 0 Å². The van der Waals surface area contributed by atoms with Crippen molar-refractivity contribution >= 4 is 42.3 Å². The lowest BCUT2D eigenvalue weighted by molar-refractivity contribution is -0.139. The Bertz CT molecular complexity index is 300. The Labute approximate surface area is 98.1 Å². The van der Waals surface area contributed by atoms with Crippen LogP contribution < -0.4 is 5.73 Å². The molecule has 0 saturated heterocycles.